The molecule has 0 N–H and O–H groups in total. The van der Waals surface area contributed by atoms with Gasteiger partial charge in [0, 0.05) is 29.3 Å². The van der Waals surface area contributed by atoms with Gasteiger partial charge in [-0.25, -0.2) is 0 Å². The zero-order valence-electron chi connectivity index (χ0n) is 11.3. The Morgan fingerprint density at radius 3 is 2.81 bits per heavy atom. The molecule has 1 heterocycles. The van der Waals surface area contributed by atoms with E-state index in [0.29, 0.717) is 5.69 Å². The Morgan fingerprint density at radius 2 is 2.00 bits per heavy atom. The number of hydrogen-bond donors (Lipinski definition) is 0. The van der Waals surface area contributed by atoms with Crippen molar-refractivity contribution in [2.45, 2.75) is 6.92 Å². The molecule has 0 amide bonds. The van der Waals surface area contributed by atoms with Crippen LogP contribution < -0.4 is 0 Å². The number of para-hydroxylation sites is 1. The number of nitro benzene ring substituents is 1. The maximum absolute atomic E-state index is 10.8. The smallest absolute Gasteiger partial charge is 0.271 e. The average molecular weight is 280 g/mol. The van der Waals surface area contributed by atoms with Crippen molar-refractivity contribution >= 4 is 28.6 Å². The third kappa shape index (κ3) is 2.53. The molecule has 3 rings (SSSR count). The van der Waals surface area contributed by atoms with Gasteiger partial charge in [-0.1, -0.05) is 24.3 Å². The maximum Gasteiger partial charge on any atom is 0.271 e. The average Bonchev–Trinajstić information content (AvgIpc) is 2.81. The van der Waals surface area contributed by atoms with Gasteiger partial charge < -0.3 is 4.42 Å². The second-order valence-electron chi connectivity index (χ2n) is 4.60. The summed E-state index contributed by atoms with van der Waals surface area (Å²) in [6, 6.07) is 13.9. The quantitative estimate of drug-likeness (QED) is 0.405. The summed E-state index contributed by atoms with van der Waals surface area (Å²) in [5, 5.41) is 11.7. The van der Waals surface area contributed by atoms with Gasteiger partial charge in [-0.15, -0.1) is 0 Å². The fourth-order valence-electron chi connectivity index (χ4n) is 2.17. The zero-order valence-corrected chi connectivity index (χ0v) is 11.3. The molecular weight excluding hydrogens is 268 g/mol. The van der Waals surface area contributed by atoms with Crippen LogP contribution in [0.4, 0.5) is 11.4 Å². The third-order valence-electron chi connectivity index (χ3n) is 3.20. The molecule has 0 radical (unpaired) electrons. The SMILES string of the molecule is Cc1oc2ccccc2c1C=Nc1cccc([N+](=O)[O-])c1. The predicted molar refractivity (Wildman–Crippen MR) is 81.3 cm³/mol. The van der Waals surface area contributed by atoms with Gasteiger partial charge in [0.05, 0.1) is 10.6 Å². The van der Waals surface area contributed by atoms with Crippen LogP contribution in [0.2, 0.25) is 0 Å². The molecule has 5 nitrogen and oxygen atoms in total. The Bertz CT molecular complexity index is 850. The van der Waals surface area contributed by atoms with Crippen LogP contribution in [-0.4, -0.2) is 11.1 Å². The Hall–Kier alpha value is -2.95. The van der Waals surface area contributed by atoms with Crippen LogP contribution in [0, 0.1) is 17.0 Å². The third-order valence-corrected chi connectivity index (χ3v) is 3.20. The van der Waals surface area contributed by atoms with Crippen molar-refractivity contribution in [3.63, 3.8) is 0 Å². The van der Waals surface area contributed by atoms with E-state index in [1.807, 2.05) is 31.2 Å². The lowest BCUT2D eigenvalue weighted by molar-refractivity contribution is -0.384. The number of non-ortho nitro benzene ring substituents is 1. The summed E-state index contributed by atoms with van der Waals surface area (Å²) in [4.78, 5) is 14.6. The number of aryl methyl sites for hydroxylation is 1. The van der Waals surface area contributed by atoms with Gasteiger partial charge in [0.1, 0.15) is 11.3 Å². The second-order valence-corrected chi connectivity index (χ2v) is 4.60. The number of aliphatic imine (C=N–C) groups is 1. The standard InChI is InChI=1S/C16H12N2O3/c1-11-15(14-7-2-3-8-16(14)21-11)10-17-12-5-4-6-13(9-12)18(19)20/h2-10H,1H3. The first-order chi connectivity index (χ1) is 10.1. The number of furan rings is 1. The molecule has 0 aliphatic rings. The predicted octanol–water partition coefficient (Wildman–Crippen LogP) is 4.40. The summed E-state index contributed by atoms with van der Waals surface area (Å²) >= 11 is 0. The van der Waals surface area contributed by atoms with E-state index in [9.17, 15) is 10.1 Å². The van der Waals surface area contributed by atoms with Gasteiger partial charge in [0.25, 0.3) is 5.69 Å². The Kier molecular flexibility index (Phi) is 3.23. The van der Waals surface area contributed by atoms with E-state index in [1.54, 1.807) is 18.3 Å². The van der Waals surface area contributed by atoms with Crippen molar-refractivity contribution < 1.29 is 9.34 Å². The minimum Gasteiger partial charge on any atom is -0.461 e. The lowest BCUT2D eigenvalue weighted by Crippen LogP contribution is -1.86. The van der Waals surface area contributed by atoms with Gasteiger partial charge >= 0.3 is 0 Å². The van der Waals surface area contributed by atoms with E-state index >= 15 is 0 Å². The molecule has 5 heteroatoms. The van der Waals surface area contributed by atoms with E-state index in [2.05, 4.69) is 4.99 Å². The normalized spacial score (nSPS) is 11.3. The summed E-state index contributed by atoms with van der Waals surface area (Å²) in [5.74, 6) is 0.769. The molecule has 0 unspecified atom stereocenters. The molecule has 0 spiro atoms. The summed E-state index contributed by atoms with van der Waals surface area (Å²) in [5.41, 5.74) is 2.25. The van der Waals surface area contributed by atoms with Crippen LogP contribution in [0.15, 0.2) is 57.9 Å². The summed E-state index contributed by atoms with van der Waals surface area (Å²) in [6.45, 7) is 1.87. The number of rotatable bonds is 3. The molecule has 2 aromatic carbocycles. The van der Waals surface area contributed by atoms with Gasteiger partial charge in [-0.2, -0.15) is 0 Å². The molecule has 3 aromatic rings. The molecule has 21 heavy (non-hydrogen) atoms. The molecule has 104 valence electrons. The first kappa shape index (κ1) is 13.1. The number of fused-ring (bicyclic) bond motifs is 1. The molecular formula is C16H12N2O3. The Labute approximate surface area is 120 Å². The molecule has 0 bridgehead atoms. The van der Waals surface area contributed by atoms with Crippen molar-refractivity contribution in [2.24, 2.45) is 4.99 Å². The summed E-state index contributed by atoms with van der Waals surface area (Å²) in [7, 11) is 0. The summed E-state index contributed by atoms with van der Waals surface area (Å²) < 4.78 is 5.65. The number of nitro groups is 1. The van der Waals surface area contributed by atoms with Crippen LogP contribution in [0.1, 0.15) is 11.3 Å². The van der Waals surface area contributed by atoms with Crippen LogP contribution in [0.5, 0.6) is 0 Å². The fourth-order valence-corrected chi connectivity index (χ4v) is 2.17. The Morgan fingerprint density at radius 1 is 1.19 bits per heavy atom. The van der Waals surface area contributed by atoms with Crippen LogP contribution >= 0.6 is 0 Å². The molecule has 0 saturated heterocycles. The molecule has 0 atom stereocenters. The Balaban J connectivity index is 2.00. The van der Waals surface area contributed by atoms with Crippen LogP contribution in [0.3, 0.4) is 0 Å². The zero-order chi connectivity index (χ0) is 14.8. The minimum absolute atomic E-state index is 0.0263. The molecule has 1 aromatic heterocycles. The van der Waals surface area contributed by atoms with E-state index in [0.717, 1.165) is 22.3 Å². The lowest BCUT2D eigenvalue weighted by Gasteiger charge is -1.95. The molecule has 0 saturated carbocycles. The van der Waals surface area contributed by atoms with Gasteiger partial charge in [-0.3, -0.25) is 15.1 Å². The highest BCUT2D eigenvalue weighted by Gasteiger charge is 2.08. The maximum atomic E-state index is 10.8. The van der Waals surface area contributed by atoms with Crippen molar-refractivity contribution in [1.82, 2.24) is 0 Å². The van der Waals surface area contributed by atoms with Crippen molar-refractivity contribution in [2.75, 3.05) is 0 Å². The van der Waals surface area contributed by atoms with Gasteiger partial charge in [0.2, 0.25) is 0 Å². The number of nitrogens with zero attached hydrogens (tertiary/aromatic N) is 2. The number of hydrogen-bond acceptors (Lipinski definition) is 4. The fraction of sp³-hybridized carbons (Fsp3) is 0.0625. The molecule has 0 aliphatic carbocycles. The molecule has 0 aliphatic heterocycles. The first-order valence-electron chi connectivity index (χ1n) is 6.42. The van der Waals surface area contributed by atoms with E-state index in [-0.39, 0.29) is 5.69 Å². The van der Waals surface area contributed by atoms with Crippen molar-refractivity contribution in [3.05, 3.63) is 70.0 Å². The highest BCUT2D eigenvalue weighted by molar-refractivity contribution is 6.00. The highest BCUT2D eigenvalue weighted by Crippen LogP contribution is 2.25. The number of benzene rings is 2. The van der Waals surface area contributed by atoms with E-state index in [4.69, 9.17) is 4.42 Å². The van der Waals surface area contributed by atoms with Gasteiger partial charge in [-0.05, 0) is 19.1 Å². The van der Waals surface area contributed by atoms with Crippen LogP contribution in [-0.2, 0) is 0 Å². The van der Waals surface area contributed by atoms with Crippen LogP contribution in [0.25, 0.3) is 11.0 Å². The summed E-state index contributed by atoms with van der Waals surface area (Å²) in [6.07, 6.45) is 1.68. The largest absolute Gasteiger partial charge is 0.461 e. The van der Waals surface area contributed by atoms with Crippen molar-refractivity contribution in [3.8, 4) is 0 Å². The monoisotopic (exact) mass is 280 g/mol. The first-order valence-corrected chi connectivity index (χ1v) is 6.42. The highest BCUT2D eigenvalue weighted by atomic mass is 16.6. The van der Waals surface area contributed by atoms with E-state index < -0.39 is 4.92 Å². The second kappa shape index (κ2) is 5.20. The van der Waals surface area contributed by atoms with E-state index in [1.165, 1.54) is 12.1 Å². The minimum atomic E-state index is -0.433. The van der Waals surface area contributed by atoms with Gasteiger partial charge in [0.15, 0.2) is 0 Å². The topological polar surface area (TPSA) is 68.6 Å². The molecule has 0 fully saturated rings. The van der Waals surface area contributed by atoms with Crippen molar-refractivity contribution in [1.29, 1.82) is 0 Å². The lowest BCUT2D eigenvalue weighted by atomic mass is 10.1.